The van der Waals surface area contributed by atoms with Crippen LogP contribution in [0.4, 0.5) is 0 Å². The van der Waals surface area contributed by atoms with E-state index in [1.165, 1.54) is 20.3 Å². The third-order valence-corrected chi connectivity index (χ3v) is 2.80. The topological polar surface area (TPSA) is 61.8 Å². The Morgan fingerprint density at radius 2 is 2.06 bits per heavy atom. The van der Waals surface area contributed by atoms with Gasteiger partial charge in [0.15, 0.2) is 17.6 Å². The first-order valence-corrected chi connectivity index (χ1v) is 5.90. The van der Waals surface area contributed by atoms with E-state index in [-0.39, 0.29) is 0 Å². The van der Waals surface area contributed by atoms with E-state index in [1.54, 1.807) is 13.0 Å². The van der Waals surface area contributed by atoms with E-state index in [4.69, 9.17) is 9.47 Å². The molecule has 18 heavy (non-hydrogen) atoms. The van der Waals surface area contributed by atoms with Crippen LogP contribution in [0.1, 0.15) is 17.3 Å². The normalized spacial score (nSPS) is 11.6. The van der Waals surface area contributed by atoms with Gasteiger partial charge in [-0.1, -0.05) is 0 Å². The number of methoxy groups -OCH3 is 2. The first-order chi connectivity index (χ1) is 8.53. The summed E-state index contributed by atoms with van der Waals surface area (Å²) in [4.78, 5) is 22.0. The lowest BCUT2D eigenvalue weighted by molar-refractivity contribution is -0.147. The zero-order chi connectivity index (χ0) is 13.7. The highest BCUT2D eigenvalue weighted by Gasteiger charge is 2.19. The van der Waals surface area contributed by atoms with Gasteiger partial charge in [0.2, 0.25) is 0 Å². The molecule has 1 atom stereocenters. The molecular formula is C12H13BrO5. The van der Waals surface area contributed by atoms with Crippen molar-refractivity contribution in [2.75, 3.05) is 14.2 Å². The van der Waals surface area contributed by atoms with Gasteiger partial charge in [-0.2, -0.15) is 0 Å². The Bertz CT molecular complexity index is 458. The Morgan fingerprint density at radius 1 is 1.39 bits per heavy atom. The number of hydrogen-bond acceptors (Lipinski definition) is 5. The van der Waals surface area contributed by atoms with Crippen molar-refractivity contribution < 1.29 is 23.8 Å². The van der Waals surface area contributed by atoms with Crippen LogP contribution in [0.15, 0.2) is 16.6 Å². The number of esters is 1. The Morgan fingerprint density at radius 3 is 2.56 bits per heavy atom. The third kappa shape index (κ3) is 3.22. The van der Waals surface area contributed by atoms with Crippen LogP contribution in [0.25, 0.3) is 0 Å². The highest BCUT2D eigenvalue weighted by Crippen LogP contribution is 2.37. The monoisotopic (exact) mass is 316 g/mol. The summed E-state index contributed by atoms with van der Waals surface area (Å²) in [6.07, 6.45) is -0.0804. The smallest absolute Gasteiger partial charge is 0.346 e. The second-order valence-corrected chi connectivity index (χ2v) is 4.29. The van der Waals surface area contributed by atoms with Gasteiger partial charge in [0, 0.05) is 5.56 Å². The van der Waals surface area contributed by atoms with E-state index in [0.29, 0.717) is 27.8 Å². The fraction of sp³-hybridized carbons (Fsp3) is 0.333. The number of benzene rings is 1. The number of carbonyl (C=O) groups is 2. The zero-order valence-electron chi connectivity index (χ0n) is 10.2. The predicted octanol–water partition coefficient (Wildman–Crippen LogP) is 2.21. The van der Waals surface area contributed by atoms with Gasteiger partial charge in [0.25, 0.3) is 0 Å². The second-order valence-electron chi connectivity index (χ2n) is 3.44. The van der Waals surface area contributed by atoms with Gasteiger partial charge in [-0.25, -0.2) is 4.79 Å². The highest BCUT2D eigenvalue weighted by molar-refractivity contribution is 9.10. The summed E-state index contributed by atoms with van der Waals surface area (Å²) in [5.41, 5.74) is 0.441. The molecule has 0 aromatic heterocycles. The van der Waals surface area contributed by atoms with E-state index in [2.05, 4.69) is 20.7 Å². The maximum Gasteiger partial charge on any atom is 0.346 e. The zero-order valence-corrected chi connectivity index (χ0v) is 11.8. The summed E-state index contributed by atoms with van der Waals surface area (Å²) in [5.74, 6) is 0.214. The van der Waals surface area contributed by atoms with Crippen LogP contribution in [0.5, 0.6) is 11.5 Å². The number of carbonyl (C=O) groups excluding carboxylic acids is 2. The fourth-order valence-corrected chi connectivity index (χ4v) is 1.87. The van der Waals surface area contributed by atoms with Crippen LogP contribution in [0.2, 0.25) is 0 Å². The quantitative estimate of drug-likeness (QED) is 0.615. The fourth-order valence-electron chi connectivity index (χ4n) is 1.31. The Hall–Kier alpha value is -1.56. The molecule has 0 heterocycles. The standard InChI is InChI=1S/C12H13BrO5/c1-7(12(15)17-3)18-11-9(13)4-8(6-14)5-10(11)16-2/h4-7H,1-3H3/t7-/m1/s1. The first kappa shape index (κ1) is 14.5. The number of hydrogen-bond donors (Lipinski definition) is 0. The van der Waals surface area contributed by atoms with Crippen molar-refractivity contribution in [3.8, 4) is 11.5 Å². The molecule has 0 aliphatic rings. The average molecular weight is 317 g/mol. The molecule has 0 fully saturated rings. The molecular weight excluding hydrogens is 304 g/mol. The molecule has 0 bridgehead atoms. The minimum Gasteiger partial charge on any atom is -0.493 e. The maximum atomic E-state index is 11.3. The summed E-state index contributed by atoms with van der Waals surface area (Å²) in [5, 5.41) is 0. The molecule has 6 heteroatoms. The minimum absolute atomic E-state index is 0.348. The van der Waals surface area contributed by atoms with Crippen LogP contribution in [-0.2, 0) is 9.53 Å². The van der Waals surface area contributed by atoms with Crippen molar-refractivity contribution in [1.29, 1.82) is 0 Å². The van der Waals surface area contributed by atoms with Crippen molar-refractivity contribution in [3.63, 3.8) is 0 Å². The molecule has 0 aliphatic carbocycles. The molecule has 0 aliphatic heterocycles. The van der Waals surface area contributed by atoms with Gasteiger partial charge >= 0.3 is 5.97 Å². The molecule has 0 saturated carbocycles. The lowest BCUT2D eigenvalue weighted by Crippen LogP contribution is -2.25. The number of aldehydes is 1. The van der Waals surface area contributed by atoms with Gasteiger partial charge in [-0.15, -0.1) is 0 Å². The largest absolute Gasteiger partial charge is 0.493 e. The van der Waals surface area contributed by atoms with Gasteiger partial charge in [0.05, 0.1) is 18.7 Å². The summed E-state index contributed by atoms with van der Waals surface area (Å²) in [6, 6.07) is 3.10. The Labute approximate surface area is 113 Å². The van der Waals surface area contributed by atoms with Crippen LogP contribution in [-0.4, -0.2) is 32.6 Å². The van der Waals surface area contributed by atoms with Gasteiger partial charge < -0.3 is 14.2 Å². The molecule has 0 spiro atoms. The molecule has 0 N–H and O–H groups in total. The molecule has 1 rings (SSSR count). The molecule has 0 amide bonds. The first-order valence-electron chi connectivity index (χ1n) is 5.10. The van der Waals surface area contributed by atoms with E-state index >= 15 is 0 Å². The maximum absolute atomic E-state index is 11.3. The lowest BCUT2D eigenvalue weighted by atomic mass is 10.2. The summed E-state index contributed by atoms with van der Waals surface area (Å²) in [6.45, 7) is 1.56. The van der Waals surface area contributed by atoms with Gasteiger partial charge in [0.1, 0.15) is 6.29 Å². The SMILES string of the molecule is COC(=O)[C@@H](C)Oc1c(Br)cc(C=O)cc1OC. The van der Waals surface area contributed by atoms with Crippen LogP contribution in [0.3, 0.4) is 0 Å². The van der Waals surface area contributed by atoms with E-state index in [9.17, 15) is 9.59 Å². The highest BCUT2D eigenvalue weighted by atomic mass is 79.9. The van der Waals surface area contributed by atoms with Crippen LogP contribution < -0.4 is 9.47 Å². The number of ether oxygens (including phenoxy) is 3. The Balaban J connectivity index is 3.08. The number of halogens is 1. The molecule has 1 aromatic rings. The second kappa shape index (κ2) is 6.39. The molecule has 0 saturated heterocycles. The third-order valence-electron chi connectivity index (χ3n) is 2.22. The van der Waals surface area contributed by atoms with E-state index in [0.717, 1.165) is 0 Å². The van der Waals surface area contributed by atoms with Crippen LogP contribution in [0, 0.1) is 0 Å². The summed E-state index contributed by atoms with van der Waals surface area (Å²) >= 11 is 3.26. The minimum atomic E-state index is -0.776. The predicted molar refractivity (Wildman–Crippen MR) is 68.2 cm³/mol. The number of rotatable bonds is 5. The van der Waals surface area contributed by atoms with Crippen LogP contribution >= 0.6 is 15.9 Å². The summed E-state index contributed by atoms with van der Waals surface area (Å²) < 4.78 is 15.7. The molecule has 0 radical (unpaired) electrons. The van der Waals surface area contributed by atoms with E-state index in [1.807, 2.05) is 0 Å². The van der Waals surface area contributed by atoms with Crippen molar-refractivity contribution >= 4 is 28.2 Å². The van der Waals surface area contributed by atoms with E-state index < -0.39 is 12.1 Å². The van der Waals surface area contributed by atoms with Crippen molar-refractivity contribution in [3.05, 3.63) is 22.2 Å². The molecule has 98 valence electrons. The summed E-state index contributed by atoms with van der Waals surface area (Å²) in [7, 11) is 2.73. The van der Waals surface area contributed by atoms with Crippen molar-refractivity contribution in [2.45, 2.75) is 13.0 Å². The molecule has 5 nitrogen and oxygen atoms in total. The lowest BCUT2D eigenvalue weighted by Gasteiger charge is -2.16. The molecule has 0 unspecified atom stereocenters. The van der Waals surface area contributed by atoms with Gasteiger partial charge in [-0.3, -0.25) is 4.79 Å². The van der Waals surface area contributed by atoms with Crippen molar-refractivity contribution in [1.82, 2.24) is 0 Å². The Kier molecular flexibility index (Phi) is 5.15. The average Bonchev–Trinajstić information content (AvgIpc) is 2.39. The van der Waals surface area contributed by atoms with Gasteiger partial charge in [-0.05, 0) is 35.0 Å². The molecule has 1 aromatic carbocycles. The van der Waals surface area contributed by atoms with Crippen molar-refractivity contribution in [2.24, 2.45) is 0 Å².